The fourth-order valence-electron chi connectivity index (χ4n) is 1.18. The maximum absolute atomic E-state index is 11.0. The van der Waals surface area contributed by atoms with E-state index in [0.717, 1.165) is 0 Å². The number of hydrogen-bond acceptors (Lipinski definition) is 3. The molecule has 0 fully saturated rings. The molecule has 0 saturated carbocycles. The highest BCUT2D eigenvalue weighted by Gasteiger charge is 2.21. The molecule has 0 aromatic rings. The van der Waals surface area contributed by atoms with Crippen molar-refractivity contribution in [1.29, 1.82) is 0 Å². The molecule has 0 aliphatic rings. The van der Waals surface area contributed by atoms with E-state index in [1.54, 1.807) is 0 Å². The van der Waals surface area contributed by atoms with Gasteiger partial charge in [-0.15, -0.1) is 6.58 Å². The average Bonchev–Trinajstić information content (AvgIpc) is 1.98. The summed E-state index contributed by atoms with van der Waals surface area (Å²) in [6, 6.07) is 0. The first kappa shape index (κ1) is 14.6. The Morgan fingerprint density at radius 2 is 2.00 bits per heavy atom. The molecule has 0 heterocycles. The topological polar surface area (TPSA) is 66.4 Å². The van der Waals surface area contributed by atoms with Crippen LogP contribution in [0.4, 0.5) is 0 Å². The van der Waals surface area contributed by atoms with E-state index in [0.29, 0.717) is 13.0 Å². The van der Waals surface area contributed by atoms with Crippen LogP contribution >= 0.6 is 0 Å². The van der Waals surface area contributed by atoms with Crippen LogP contribution in [0.5, 0.6) is 0 Å². The van der Waals surface area contributed by atoms with Gasteiger partial charge in [0.2, 0.25) is 0 Å². The van der Waals surface area contributed by atoms with Crippen LogP contribution in [0, 0.1) is 0 Å². The van der Waals surface area contributed by atoms with Crippen molar-refractivity contribution >= 4 is 10.1 Å². The van der Waals surface area contributed by atoms with Crippen molar-refractivity contribution in [2.45, 2.75) is 44.4 Å². The molecule has 0 aromatic heterocycles. The van der Waals surface area contributed by atoms with Crippen molar-refractivity contribution in [3.8, 4) is 0 Å². The van der Waals surface area contributed by atoms with Crippen LogP contribution in [0.3, 0.4) is 0 Å². The van der Waals surface area contributed by atoms with Crippen molar-refractivity contribution in [2.75, 3.05) is 6.54 Å². The van der Waals surface area contributed by atoms with E-state index in [1.807, 2.05) is 20.8 Å². The van der Waals surface area contributed by atoms with Gasteiger partial charge in [0.1, 0.15) is 0 Å². The van der Waals surface area contributed by atoms with Crippen LogP contribution in [0.15, 0.2) is 12.7 Å². The molecule has 4 nitrogen and oxygen atoms in total. The summed E-state index contributed by atoms with van der Waals surface area (Å²) in [4.78, 5) is 0. The second-order valence-electron chi connectivity index (χ2n) is 4.63. The van der Waals surface area contributed by atoms with Gasteiger partial charge in [0.25, 0.3) is 10.1 Å². The van der Waals surface area contributed by atoms with Crippen LogP contribution in [0.1, 0.15) is 33.6 Å². The molecule has 15 heavy (non-hydrogen) atoms. The zero-order valence-corrected chi connectivity index (χ0v) is 10.5. The van der Waals surface area contributed by atoms with Gasteiger partial charge < -0.3 is 5.32 Å². The molecule has 90 valence electrons. The molecule has 0 radical (unpaired) electrons. The van der Waals surface area contributed by atoms with E-state index in [2.05, 4.69) is 11.9 Å². The monoisotopic (exact) mass is 235 g/mol. The van der Waals surface area contributed by atoms with E-state index in [9.17, 15) is 8.42 Å². The summed E-state index contributed by atoms with van der Waals surface area (Å²) in [7, 11) is -3.96. The van der Waals surface area contributed by atoms with Gasteiger partial charge in [-0.25, -0.2) is 0 Å². The number of allylic oxidation sites excluding steroid dienone is 1. The quantitative estimate of drug-likeness (QED) is 0.542. The SMILES string of the molecule is C=CCC(CCNC(C)(C)C)S(=O)(=O)O. The van der Waals surface area contributed by atoms with Crippen molar-refractivity contribution in [3.05, 3.63) is 12.7 Å². The molecule has 0 aliphatic heterocycles. The number of nitrogens with one attached hydrogen (secondary N) is 1. The predicted molar refractivity (Wildman–Crippen MR) is 62.5 cm³/mol. The zero-order chi connectivity index (χ0) is 12.1. The first-order chi connectivity index (χ1) is 6.67. The van der Waals surface area contributed by atoms with Crippen LogP contribution in [-0.2, 0) is 10.1 Å². The Balaban J connectivity index is 4.15. The van der Waals surface area contributed by atoms with E-state index in [4.69, 9.17) is 4.55 Å². The third kappa shape index (κ3) is 7.53. The summed E-state index contributed by atoms with van der Waals surface area (Å²) in [6.07, 6.45) is 2.18. The highest BCUT2D eigenvalue weighted by atomic mass is 32.2. The Morgan fingerprint density at radius 3 is 2.33 bits per heavy atom. The minimum atomic E-state index is -3.96. The lowest BCUT2D eigenvalue weighted by Gasteiger charge is -2.21. The molecule has 0 saturated heterocycles. The lowest BCUT2D eigenvalue weighted by atomic mass is 10.1. The first-order valence-corrected chi connectivity index (χ1v) is 6.49. The molecule has 0 aromatic carbocycles. The second-order valence-corrected chi connectivity index (χ2v) is 6.32. The fraction of sp³-hybridized carbons (Fsp3) is 0.800. The summed E-state index contributed by atoms with van der Waals surface area (Å²) in [6.45, 7) is 10.0. The summed E-state index contributed by atoms with van der Waals surface area (Å²) in [5, 5.41) is 2.43. The van der Waals surface area contributed by atoms with Crippen LogP contribution < -0.4 is 5.32 Å². The smallest absolute Gasteiger partial charge is 0.268 e. The standard InChI is InChI=1S/C10H21NO3S/c1-5-6-9(15(12,13)14)7-8-11-10(2,3)4/h5,9,11H,1,6-8H2,2-4H3,(H,12,13,14). The molecule has 0 rings (SSSR count). The Bertz CT molecular complexity index is 290. The molecular formula is C10H21NO3S. The van der Waals surface area contributed by atoms with Gasteiger partial charge >= 0.3 is 0 Å². The van der Waals surface area contributed by atoms with Crippen LogP contribution in [0.25, 0.3) is 0 Å². The normalized spacial score (nSPS) is 14.9. The van der Waals surface area contributed by atoms with E-state index >= 15 is 0 Å². The summed E-state index contributed by atoms with van der Waals surface area (Å²) in [5.74, 6) is 0. The Morgan fingerprint density at radius 1 is 1.47 bits per heavy atom. The summed E-state index contributed by atoms with van der Waals surface area (Å²) >= 11 is 0. The van der Waals surface area contributed by atoms with Crippen molar-refractivity contribution < 1.29 is 13.0 Å². The van der Waals surface area contributed by atoms with E-state index in [1.165, 1.54) is 6.08 Å². The Hall–Kier alpha value is -0.390. The van der Waals surface area contributed by atoms with Gasteiger partial charge in [-0.2, -0.15) is 8.42 Å². The molecular weight excluding hydrogens is 214 g/mol. The third-order valence-electron chi connectivity index (χ3n) is 1.97. The Labute approximate surface area is 92.5 Å². The van der Waals surface area contributed by atoms with Gasteiger partial charge in [-0.3, -0.25) is 4.55 Å². The molecule has 1 unspecified atom stereocenters. The summed E-state index contributed by atoms with van der Waals surface area (Å²) < 4.78 is 30.8. The van der Waals surface area contributed by atoms with Gasteiger partial charge in [-0.05, 0) is 40.2 Å². The molecule has 0 bridgehead atoms. The lowest BCUT2D eigenvalue weighted by Crippen LogP contribution is -2.38. The Kier molecular flexibility index (Phi) is 5.48. The minimum absolute atomic E-state index is 0.0437. The third-order valence-corrected chi connectivity index (χ3v) is 3.24. The van der Waals surface area contributed by atoms with Crippen molar-refractivity contribution in [2.24, 2.45) is 0 Å². The predicted octanol–water partition coefficient (Wildman–Crippen LogP) is 1.60. The molecule has 5 heteroatoms. The van der Waals surface area contributed by atoms with Crippen LogP contribution in [-0.4, -0.2) is 30.3 Å². The van der Waals surface area contributed by atoms with Gasteiger partial charge in [0, 0.05) is 5.54 Å². The second kappa shape index (κ2) is 5.63. The van der Waals surface area contributed by atoms with E-state index in [-0.39, 0.29) is 12.0 Å². The highest BCUT2D eigenvalue weighted by molar-refractivity contribution is 7.86. The molecule has 0 amide bonds. The first-order valence-electron chi connectivity index (χ1n) is 4.99. The number of rotatable bonds is 6. The van der Waals surface area contributed by atoms with Crippen molar-refractivity contribution in [3.63, 3.8) is 0 Å². The fourth-order valence-corrected chi connectivity index (χ4v) is 1.98. The van der Waals surface area contributed by atoms with Crippen molar-refractivity contribution in [1.82, 2.24) is 5.32 Å². The van der Waals surface area contributed by atoms with Gasteiger partial charge in [0.05, 0.1) is 5.25 Å². The van der Waals surface area contributed by atoms with Crippen LogP contribution in [0.2, 0.25) is 0 Å². The highest BCUT2D eigenvalue weighted by Crippen LogP contribution is 2.10. The largest absolute Gasteiger partial charge is 0.312 e. The molecule has 0 aliphatic carbocycles. The summed E-state index contributed by atoms with van der Waals surface area (Å²) in [5.41, 5.74) is -0.0437. The number of hydrogen-bond donors (Lipinski definition) is 2. The minimum Gasteiger partial charge on any atom is -0.312 e. The molecule has 2 N–H and O–H groups in total. The average molecular weight is 235 g/mol. The molecule has 0 spiro atoms. The maximum atomic E-state index is 11.0. The zero-order valence-electron chi connectivity index (χ0n) is 9.66. The lowest BCUT2D eigenvalue weighted by molar-refractivity contribution is 0.409. The molecule has 1 atom stereocenters. The van der Waals surface area contributed by atoms with E-state index < -0.39 is 15.4 Å². The van der Waals surface area contributed by atoms with Gasteiger partial charge in [-0.1, -0.05) is 6.08 Å². The maximum Gasteiger partial charge on any atom is 0.268 e. The van der Waals surface area contributed by atoms with Gasteiger partial charge in [0.15, 0.2) is 0 Å².